The van der Waals surface area contributed by atoms with Crippen LogP contribution in [-0.4, -0.2) is 24.6 Å². The summed E-state index contributed by atoms with van der Waals surface area (Å²) in [4.78, 5) is 20.6. The first kappa shape index (κ1) is 11.0. The Kier molecular flexibility index (Phi) is 6.09. The summed E-state index contributed by atoms with van der Waals surface area (Å²) in [6.45, 7) is 1.69. The Labute approximate surface area is 75.1 Å². The van der Waals surface area contributed by atoms with Crippen LogP contribution in [0.2, 0.25) is 0 Å². The van der Waals surface area contributed by atoms with Gasteiger partial charge in [-0.1, -0.05) is 6.08 Å². The molecular weight excluding hydrogens is 184 g/mol. The number of allylic oxidation sites excluding steroid dienone is 1. The molecule has 0 N–H and O–H groups in total. The molecule has 0 fully saturated rings. The fourth-order valence-corrected chi connectivity index (χ4v) is 0.526. The highest BCUT2D eigenvalue weighted by atomic mass is 35.5. The molecule has 0 bridgehead atoms. The predicted octanol–water partition coefficient (Wildman–Crippen LogP) is 1.48. The normalized spacial score (nSPS) is 9.83. The molecule has 0 aromatic carbocycles. The largest absolute Gasteiger partial charge is 0.459 e. The number of rotatable bonds is 4. The minimum atomic E-state index is -0.905. The van der Waals surface area contributed by atoms with Gasteiger partial charge in [0.2, 0.25) is 0 Å². The Morgan fingerprint density at radius 2 is 1.92 bits per heavy atom. The van der Waals surface area contributed by atoms with Gasteiger partial charge in [0.15, 0.2) is 0 Å². The zero-order chi connectivity index (χ0) is 9.40. The van der Waals surface area contributed by atoms with Crippen molar-refractivity contribution in [3.63, 3.8) is 0 Å². The van der Waals surface area contributed by atoms with Crippen LogP contribution >= 0.6 is 11.6 Å². The van der Waals surface area contributed by atoms with Gasteiger partial charge < -0.3 is 9.47 Å². The van der Waals surface area contributed by atoms with Crippen molar-refractivity contribution in [1.29, 1.82) is 0 Å². The minimum absolute atomic E-state index is 0.0155. The second-order valence-electron chi connectivity index (χ2n) is 1.75. The molecule has 4 nitrogen and oxygen atoms in total. The highest BCUT2D eigenvalue weighted by Gasteiger charge is 1.97. The lowest BCUT2D eigenvalue weighted by Crippen LogP contribution is -2.09. The smallest absolute Gasteiger partial charge is 0.403 e. The van der Waals surface area contributed by atoms with Crippen LogP contribution in [0.4, 0.5) is 4.79 Å². The molecule has 0 aliphatic rings. The lowest BCUT2D eigenvalue weighted by atomic mass is 10.5. The molecule has 0 saturated heterocycles. The average molecular weight is 193 g/mol. The SMILES string of the molecule is CC=CC(=O)OCCOC(=O)Cl. The maximum Gasteiger partial charge on any atom is 0.403 e. The Hall–Kier alpha value is -1.03. The first-order valence-corrected chi connectivity index (χ1v) is 3.66. The van der Waals surface area contributed by atoms with Gasteiger partial charge in [-0.2, -0.15) is 0 Å². The van der Waals surface area contributed by atoms with Gasteiger partial charge >= 0.3 is 11.4 Å². The molecule has 5 heteroatoms. The third-order valence-electron chi connectivity index (χ3n) is 0.846. The number of ether oxygens (including phenoxy) is 2. The van der Waals surface area contributed by atoms with Crippen LogP contribution in [0.5, 0.6) is 0 Å². The Morgan fingerprint density at radius 3 is 2.42 bits per heavy atom. The average Bonchev–Trinajstić information content (AvgIpc) is 1.98. The number of carbonyl (C=O) groups is 2. The number of esters is 1. The quantitative estimate of drug-likeness (QED) is 0.293. The molecule has 0 aliphatic carbocycles. The molecule has 0 atom stereocenters. The van der Waals surface area contributed by atoms with Gasteiger partial charge in [-0.15, -0.1) is 0 Å². The number of carbonyl (C=O) groups excluding carboxylic acids is 2. The lowest BCUT2D eigenvalue weighted by molar-refractivity contribution is -0.138. The summed E-state index contributed by atoms with van der Waals surface area (Å²) in [6, 6.07) is 0. The van der Waals surface area contributed by atoms with E-state index in [9.17, 15) is 9.59 Å². The fraction of sp³-hybridized carbons (Fsp3) is 0.429. The van der Waals surface area contributed by atoms with Gasteiger partial charge in [0, 0.05) is 17.7 Å². The van der Waals surface area contributed by atoms with Crippen LogP contribution in [0.25, 0.3) is 0 Å². The highest BCUT2D eigenvalue weighted by molar-refractivity contribution is 6.61. The first-order valence-electron chi connectivity index (χ1n) is 3.28. The van der Waals surface area contributed by atoms with E-state index >= 15 is 0 Å². The molecule has 12 heavy (non-hydrogen) atoms. The van der Waals surface area contributed by atoms with E-state index in [1.54, 1.807) is 13.0 Å². The summed E-state index contributed by atoms with van der Waals surface area (Å²) < 4.78 is 8.87. The molecule has 0 unspecified atom stereocenters. The van der Waals surface area contributed by atoms with Crippen molar-refractivity contribution in [2.45, 2.75) is 6.92 Å². The zero-order valence-corrected chi connectivity index (χ0v) is 7.34. The zero-order valence-electron chi connectivity index (χ0n) is 6.58. The second kappa shape index (κ2) is 6.67. The number of halogens is 1. The molecule has 0 rings (SSSR count). The van der Waals surface area contributed by atoms with Crippen molar-refractivity contribution < 1.29 is 19.1 Å². The summed E-state index contributed by atoms with van der Waals surface area (Å²) in [7, 11) is 0. The molecule has 0 spiro atoms. The highest BCUT2D eigenvalue weighted by Crippen LogP contribution is 1.87. The minimum Gasteiger partial charge on any atom is -0.459 e. The second-order valence-corrected chi connectivity index (χ2v) is 2.06. The summed E-state index contributed by atoms with van der Waals surface area (Å²) in [5.74, 6) is -0.469. The van der Waals surface area contributed by atoms with Crippen LogP contribution in [0.1, 0.15) is 6.92 Å². The topological polar surface area (TPSA) is 52.6 Å². The summed E-state index contributed by atoms with van der Waals surface area (Å²) >= 11 is 4.84. The van der Waals surface area contributed by atoms with Gasteiger partial charge in [0.25, 0.3) is 0 Å². The van der Waals surface area contributed by atoms with Crippen molar-refractivity contribution in [2.24, 2.45) is 0 Å². The van der Waals surface area contributed by atoms with Crippen LogP contribution in [0.3, 0.4) is 0 Å². The van der Waals surface area contributed by atoms with E-state index < -0.39 is 11.4 Å². The lowest BCUT2D eigenvalue weighted by Gasteiger charge is -2.00. The molecule has 0 saturated carbocycles. The molecule has 0 aromatic heterocycles. The Morgan fingerprint density at radius 1 is 1.33 bits per heavy atom. The van der Waals surface area contributed by atoms with Crippen molar-refractivity contribution in [1.82, 2.24) is 0 Å². The van der Waals surface area contributed by atoms with E-state index in [0.29, 0.717) is 0 Å². The third kappa shape index (κ3) is 7.08. The van der Waals surface area contributed by atoms with Crippen LogP contribution in [0.15, 0.2) is 12.2 Å². The van der Waals surface area contributed by atoms with E-state index in [4.69, 9.17) is 11.6 Å². The molecule has 0 aliphatic heterocycles. The maximum absolute atomic E-state index is 10.6. The van der Waals surface area contributed by atoms with Crippen LogP contribution in [0, 0.1) is 0 Å². The molecule has 0 radical (unpaired) electrons. The van der Waals surface area contributed by atoms with Gasteiger partial charge in [0.1, 0.15) is 13.2 Å². The van der Waals surface area contributed by atoms with Crippen molar-refractivity contribution >= 4 is 23.0 Å². The summed E-state index contributed by atoms with van der Waals surface area (Å²) in [6.07, 6.45) is 2.82. The number of hydrogen-bond acceptors (Lipinski definition) is 4. The van der Waals surface area contributed by atoms with Crippen molar-refractivity contribution in [3.8, 4) is 0 Å². The van der Waals surface area contributed by atoms with E-state index in [2.05, 4.69) is 9.47 Å². The maximum atomic E-state index is 10.6. The Balaban J connectivity index is 3.31. The molecule has 68 valence electrons. The van der Waals surface area contributed by atoms with Crippen molar-refractivity contribution in [3.05, 3.63) is 12.2 Å². The van der Waals surface area contributed by atoms with Crippen LogP contribution < -0.4 is 0 Å². The Bertz CT molecular complexity index is 188. The molecule has 0 amide bonds. The molecule has 0 aromatic rings. The standard InChI is InChI=1S/C7H9ClO4/c1-2-3-6(9)11-4-5-12-7(8)10/h2-3H,4-5H2,1H3. The van der Waals surface area contributed by atoms with Gasteiger partial charge in [0.05, 0.1) is 0 Å². The van der Waals surface area contributed by atoms with Crippen LogP contribution in [-0.2, 0) is 14.3 Å². The summed E-state index contributed by atoms with van der Waals surface area (Å²) in [5, 5.41) is 0. The third-order valence-corrected chi connectivity index (χ3v) is 0.955. The summed E-state index contributed by atoms with van der Waals surface area (Å²) in [5.41, 5.74) is -0.905. The van der Waals surface area contributed by atoms with E-state index in [0.717, 1.165) is 0 Å². The predicted molar refractivity (Wildman–Crippen MR) is 43.0 cm³/mol. The van der Waals surface area contributed by atoms with E-state index in [1.807, 2.05) is 0 Å². The first-order chi connectivity index (χ1) is 5.66. The molecular formula is C7H9ClO4. The van der Waals surface area contributed by atoms with Gasteiger partial charge in [-0.05, 0) is 6.92 Å². The molecule has 0 heterocycles. The van der Waals surface area contributed by atoms with Gasteiger partial charge in [-0.25, -0.2) is 9.59 Å². The van der Waals surface area contributed by atoms with Crippen molar-refractivity contribution in [2.75, 3.05) is 13.2 Å². The van der Waals surface area contributed by atoms with Gasteiger partial charge in [-0.3, -0.25) is 0 Å². The fourth-order valence-electron chi connectivity index (χ4n) is 0.448. The monoisotopic (exact) mass is 192 g/mol. The van der Waals surface area contributed by atoms with E-state index in [1.165, 1.54) is 6.08 Å². The van der Waals surface area contributed by atoms with E-state index in [-0.39, 0.29) is 13.2 Å². The number of hydrogen-bond donors (Lipinski definition) is 0.